The molecule has 0 spiro atoms. The lowest BCUT2D eigenvalue weighted by atomic mass is 10.1. The third-order valence-corrected chi connectivity index (χ3v) is 3.29. The van der Waals surface area contributed by atoms with Crippen LogP contribution in [-0.4, -0.2) is 19.6 Å². The summed E-state index contributed by atoms with van der Waals surface area (Å²) in [5.41, 5.74) is 7.56. The summed E-state index contributed by atoms with van der Waals surface area (Å²) >= 11 is 0. The third kappa shape index (κ3) is 5.51. The third-order valence-electron chi connectivity index (χ3n) is 3.29. The first kappa shape index (κ1) is 16.3. The second-order valence-electron chi connectivity index (χ2n) is 4.99. The van der Waals surface area contributed by atoms with Gasteiger partial charge in [0.15, 0.2) is 0 Å². The number of rotatable bonds is 9. The molecule has 0 saturated heterocycles. The van der Waals surface area contributed by atoms with Crippen molar-refractivity contribution in [1.82, 2.24) is 0 Å². The molecule has 0 fully saturated rings. The number of ether oxygens (including phenoxy) is 1. The molecule has 1 aromatic rings. The van der Waals surface area contributed by atoms with Crippen LogP contribution < -0.4 is 11.1 Å². The molecule has 0 amide bonds. The number of anilines is 2. The van der Waals surface area contributed by atoms with Crippen LogP contribution in [0.15, 0.2) is 18.2 Å². The minimum absolute atomic E-state index is 0.359. The topological polar surface area (TPSA) is 64.3 Å². The molecule has 20 heavy (non-hydrogen) atoms. The van der Waals surface area contributed by atoms with Crippen molar-refractivity contribution in [2.45, 2.75) is 45.4 Å². The standard InChI is InChI=1S/C16H26N2O2/c1-3-4-5-6-7-8-11-18-15-10-9-13(17)12-14(15)16(19)20-2/h9-10,12,18H,3-8,11,17H2,1-2H3. The van der Waals surface area contributed by atoms with Crippen LogP contribution in [0, 0.1) is 0 Å². The monoisotopic (exact) mass is 278 g/mol. The number of hydrogen-bond donors (Lipinski definition) is 2. The van der Waals surface area contributed by atoms with E-state index in [1.54, 1.807) is 12.1 Å². The summed E-state index contributed by atoms with van der Waals surface area (Å²) in [4.78, 5) is 11.7. The SMILES string of the molecule is CCCCCCCCNc1ccc(N)cc1C(=O)OC. The molecule has 0 atom stereocenters. The van der Waals surface area contributed by atoms with Crippen molar-refractivity contribution in [2.24, 2.45) is 0 Å². The molecule has 112 valence electrons. The summed E-state index contributed by atoms with van der Waals surface area (Å²) < 4.78 is 4.77. The van der Waals surface area contributed by atoms with Crippen molar-refractivity contribution in [3.05, 3.63) is 23.8 Å². The van der Waals surface area contributed by atoms with Crippen LogP contribution in [0.2, 0.25) is 0 Å². The van der Waals surface area contributed by atoms with Gasteiger partial charge in [-0.3, -0.25) is 0 Å². The summed E-state index contributed by atoms with van der Waals surface area (Å²) in [5, 5.41) is 3.29. The minimum atomic E-state index is -0.359. The van der Waals surface area contributed by atoms with E-state index in [1.807, 2.05) is 6.07 Å². The zero-order valence-corrected chi connectivity index (χ0v) is 12.6. The number of nitrogen functional groups attached to an aromatic ring is 1. The highest BCUT2D eigenvalue weighted by Gasteiger charge is 2.11. The molecule has 0 bridgehead atoms. The first-order chi connectivity index (χ1) is 9.69. The van der Waals surface area contributed by atoms with Gasteiger partial charge in [0.05, 0.1) is 12.7 Å². The number of benzene rings is 1. The zero-order chi connectivity index (χ0) is 14.8. The van der Waals surface area contributed by atoms with Crippen LogP contribution in [0.4, 0.5) is 11.4 Å². The van der Waals surface area contributed by atoms with Crippen LogP contribution in [0.1, 0.15) is 55.8 Å². The number of hydrogen-bond acceptors (Lipinski definition) is 4. The van der Waals surface area contributed by atoms with E-state index >= 15 is 0 Å². The maximum atomic E-state index is 11.7. The van der Waals surface area contributed by atoms with Gasteiger partial charge in [-0.1, -0.05) is 39.0 Å². The Kier molecular flexibility index (Phi) is 7.55. The Morgan fingerprint density at radius 3 is 2.60 bits per heavy atom. The molecular weight excluding hydrogens is 252 g/mol. The van der Waals surface area contributed by atoms with Gasteiger partial charge in [0, 0.05) is 17.9 Å². The first-order valence-electron chi connectivity index (χ1n) is 7.40. The molecule has 0 saturated carbocycles. The smallest absolute Gasteiger partial charge is 0.340 e. The number of esters is 1. The molecule has 0 aromatic heterocycles. The van der Waals surface area contributed by atoms with Gasteiger partial charge in [-0.15, -0.1) is 0 Å². The van der Waals surface area contributed by atoms with Crippen molar-refractivity contribution in [3.8, 4) is 0 Å². The van der Waals surface area contributed by atoms with Gasteiger partial charge in [-0.25, -0.2) is 4.79 Å². The zero-order valence-electron chi connectivity index (χ0n) is 12.6. The molecule has 1 rings (SSSR count). The summed E-state index contributed by atoms with van der Waals surface area (Å²) in [6, 6.07) is 5.27. The second kappa shape index (κ2) is 9.23. The van der Waals surface area contributed by atoms with Gasteiger partial charge in [-0.05, 0) is 24.6 Å². The van der Waals surface area contributed by atoms with Gasteiger partial charge >= 0.3 is 5.97 Å². The average Bonchev–Trinajstić information content (AvgIpc) is 2.46. The number of carbonyl (C=O) groups excluding carboxylic acids is 1. The van der Waals surface area contributed by atoms with Crippen molar-refractivity contribution in [1.29, 1.82) is 0 Å². The lowest BCUT2D eigenvalue weighted by molar-refractivity contribution is 0.0602. The first-order valence-corrected chi connectivity index (χ1v) is 7.40. The predicted octanol–water partition coefficient (Wildman–Crippen LogP) is 3.83. The van der Waals surface area contributed by atoms with Crippen molar-refractivity contribution in [3.63, 3.8) is 0 Å². The predicted molar refractivity (Wildman–Crippen MR) is 84.1 cm³/mol. The molecule has 1 aromatic carbocycles. The van der Waals surface area contributed by atoms with Gasteiger partial charge in [0.25, 0.3) is 0 Å². The maximum Gasteiger partial charge on any atom is 0.340 e. The number of unbranched alkanes of at least 4 members (excludes halogenated alkanes) is 5. The number of methoxy groups -OCH3 is 1. The van der Waals surface area contributed by atoms with Crippen LogP contribution in [-0.2, 0) is 4.74 Å². The summed E-state index contributed by atoms with van der Waals surface area (Å²) in [5.74, 6) is -0.359. The fraction of sp³-hybridized carbons (Fsp3) is 0.562. The minimum Gasteiger partial charge on any atom is -0.465 e. The fourth-order valence-corrected chi connectivity index (χ4v) is 2.12. The van der Waals surface area contributed by atoms with Gasteiger partial charge in [0.2, 0.25) is 0 Å². The van der Waals surface area contributed by atoms with Crippen LogP contribution >= 0.6 is 0 Å². The number of nitrogens with two attached hydrogens (primary N) is 1. The normalized spacial score (nSPS) is 10.3. The summed E-state index contributed by atoms with van der Waals surface area (Å²) in [6.45, 7) is 3.08. The Morgan fingerprint density at radius 2 is 1.90 bits per heavy atom. The van der Waals surface area contributed by atoms with Crippen molar-refractivity contribution < 1.29 is 9.53 Å². The molecule has 0 aliphatic rings. The Balaban J connectivity index is 2.41. The van der Waals surface area contributed by atoms with E-state index in [4.69, 9.17) is 10.5 Å². The molecule has 4 heteroatoms. The van der Waals surface area contributed by atoms with E-state index in [2.05, 4.69) is 12.2 Å². The summed E-state index contributed by atoms with van der Waals surface area (Å²) in [6.07, 6.45) is 7.50. The lowest BCUT2D eigenvalue weighted by Crippen LogP contribution is -2.10. The van der Waals surface area contributed by atoms with Crippen LogP contribution in [0.25, 0.3) is 0 Å². The maximum absolute atomic E-state index is 11.7. The van der Waals surface area contributed by atoms with Gasteiger partial charge < -0.3 is 15.8 Å². The highest BCUT2D eigenvalue weighted by Crippen LogP contribution is 2.20. The molecule has 0 aliphatic carbocycles. The van der Waals surface area contributed by atoms with E-state index in [0.717, 1.165) is 18.7 Å². The van der Waals surface area contributed by atoms with E-state index in [1.165, 1.54) is 39.2 Å². The van der Waals surface area contributed by atoms with E-state index in [0.29, 0.717) is 11.3 Å². The fourth-order valence-electron chi connectivity index (χ4n) is 2.12. The highest BCUT2D eigenvalue weighted by molar-refractivity contribution is 5.96. The Hall–Kier alpha value is -1.71. The molecule has 4 nitrogen and oxygen atoms in total. The summed E-state index contributed by atoms with van der Waals surface area (Å²) in [7, 11) is 1.38. The molecular formula is C16H26N2O2. The average molecular weight is 278 g/mol. The second-order valence-corrected chi connectivity index (χ2v) is 4.99. The number of nitrogens with one attached hydrogen (secondary N) is 1. The highest BCUT2D eigenvalue weighted by atomic mass is 16.5. The Morgan fingerprint density at radius 1 is 1.20 bits per heavy atom. The quantitative estimate of drug-likeness (QED) is 0.409. The molecule has 0 aliphatic heterocycles. The van der Waals surface area contributed by atoms with Gasteiger partial charge in [0.1, 0.15) is 0 Å². The van der Waals surface area contributed by atoms with E-state index < -0.39 is 0 Å². The number of carbonyl (C=O) groups is 1. The van der Waals surface area contributed by atoms with Crippen LogP contribution in [0.3, 0.4) is 0 Å². The Bertz CT molecular complexity index is 419. The largest absolute Gasteiger partial charge is 0.465 e. The molecule has 0 unspecified atom stereocenters. The molecule has 0 radical (unpaired) electrons. The van der Waals surface area contributed by atoms with Crippen molar-refractivity contribution in [2.75, 3.05) is 24.7 Å². The Labute approximate surface area is 121 Å². The van der Waals surface area contributed by atoms with E-state index in [9.17, 15) is 4.79 Å². The molecule has 3 N–H and O–H groups in total. The van der Waals surface area contributed by atoms with E-state index in [-0.39, 0.29) is 5.97 Å². The van der Waals surface area contributed by atoms with Crippen molar-refractivity contribution >= 4 is 17.3 Å². The lowest BCUT2D eigenvalue weighted by Gasteiger charge is -2.11. The van der Waals surface area contributed by atoms with Gasteiger partial charge in [-0.2, -0.15) is 0 Å². The molecule has 0 heterocycles. The van der Waals surface area contributed by atoms with Crippen LogP contribution in [0.5, 0.6) is 0 Å².